The fourth-order valence-corrected chi connectivity index (χ4v) is 5.47. The van der Waals surface area contributed by atoms with E-state index in [1.807, 2.05) is 12.1 Å². The van der Waals surface area contributed by atoms with E-state index >= 15 is 0 Å². The van der Waals surface area contributed by atoms with Crippen molar-refractivity contribution in [2.75, 3.05) is 46.3 Å². The lowest BCUT2D eigenvalue weighted by molar-refractivity contribution is 0.232. The number of sulfonamides is 1. The Morgan fingerprint density at radius 1 is 0.933 bits per heavy atom. The lowest BCUT2D eigenvalue weighted by atomic mass is 10.1. The van der Waals surface area contributed by atoms with Crippen LogP contribution in [0.15, 0.2) is 34.2 Å². The molecule has 2 aliphatic heterocycles. The van der Waals surface area contributed by atoms with Gasteiger partial charge in [0, 0.05) is 39.8 Å². The quantitative estimate of drug-likeness (QED) is 0.311. The summed E-state index contributed by atoms with van der Waals surface area (Å²) in [6.45, 7) is 6.15. The maximum Gasteiger partial charge on any atom is 0.243 e. The Bertz CT molecular complexity index is 758. The molecule has 0 unspecified atom stereocenters. The van der Waals surface area contributed by atoms with E-state index in [-0.39, 0.29) is 24.0 Å². The first-order valence-corrected chi connectivity index (χ1v) is 12.3. The third kappa shape index (κ3) is 7.35. The van der Waals surface area contributed by atoms with Crippen LogP contribution in [-0.2, 0) is 16.6 Å². The molecule has 170 valence electrons. The Balaban J connectivity index is 0.00000320. The van der Waals surface area contributed by atoms with Crippen molar-refractivity contribution in [3.05, 3.63) is 29.8 Å². The van der Waals surface area contributed by atoms with Crippen LogP contribution in [0.25, 0.3) is 0 Å². The van der Waals surface area contributed by atoms with Crippen LogP contribution in [0.5, 0.6) is 0 Å². The Morgan fingerprint density at radius 2 is 1.53 bits per heavy atom. The molecule has 0 aromatic heterocycles. The summed E-state index contributed by atoms with van der Waals surface area (Å²) in [5.74, 6) is 0.770. The van der Waals surface area contributed by atoms with Crippen molar-refractivity contribution in [3.8, 4) is 0 Å². The largest absolute Gasteiger partial charge is 0.355 e. The second kappa shape index (κ2) is 12.8. The standard InChI is InChI=1S/C21H35N5O2S.HI/c1-22-21(23-12-17-25-13-4-2-5-14-25)24-18-19-8-10-20(11-9-19)29(27,28)26-15-6-3-7-16-26;/h8-11H,2-7,12-18H2,1H3,(H2,22,23,24);1H. The Morgan fingerprint density at radius 3 is 2.13 bits per heavy atom. The van der Waals surface area contributed by atoms with E-state index in [0.717, 1.165) is 43.9 Å². The van der Waals surface area contributed by atoms with Crippen molar-refractivity contribution in [3.63, 3.8) is 0 Å². The van der Waals surface area contributed by atoms with Crippen molar-refractivity contribution in [1.29, 1.82) is 0 Å². The molecule has 2 N–H and O–H groups in total. The van der Waals surface area contributed by atoms with Gasteiger partial charge < -0.3 is 15.5 Å². The highest BCUT2D eigenvalue weighted by Gasteiger charge is 2.25. The SMILES string of the molecule is CN=C(NCCN1CCCCC1)NCc1ccc(S(=O)(=O)N2CCCCC2)cc1.I. The summed E-state index contributed by atoms with van der Waals surface area (Å²) in [5.41, 5.74) is 1.03. The fourth-order valence-electron chi connectivity index (χ4n) is 3.96. The molecule has 1 aromatic carbocycles. The molecule has 2 aliphatic rings. The number of hydrogen-bond donors (Lipinski definition) is 2. The summed E-state index contributed by atoms with van der Waals surface area (Å²) < 4.78 is 27.1. The Kier molecular flexibility index (Phi) is 10.8. The van der Waals surface area contributed by atoms with Crippen molar-refractivity contribution in [2.45, 2.75) is 50.0 Å². The molecular weight excluding hydrogens is 513 g/mol. The molecule has 7 nitrogen and oxygen atoms in total. The minimum Gasteiger partial charge on any atom is -0.355 e. The van der Waals surface area contributed by atoms with E-state index in [9.17, 15) is 8.42 Å². The predicted octanol–water partition coefficient (Wildman–Crippen LogP) is 2.63. The van der Waals surface area contributed by atoms with Crippen LogP contribution in [0, 0.1) is 0 Å². The molecule has 0 amide bonds. The summed E-state index contributed by atoms with van der Waals surface area (Å²) in [5, 5.41) is 6.67. The lowest BCUT2D eigenvalue weighted by Crippen LogP contribution is -2.42. The summed E-state index contributed by atoms with van der Waals surface area (Å²) in [7, 11) is -1.60. The molecule has 1 aromatic rings. The van der Waals surface area contributed by atoms with Crippen molar-refractivity contribution in [2.24, 2.45) is 4.99 Å². The first kappa shape index (κ1) is 25.4. The van der Waals surface area contributed by atoms with Crippen LogP contribution < -0.4 is 10.6 Å². The molecule has 0 atom stereocenters. The van der Waals surface area contributed by atoms with Gasteiger partial charge in [-0.15, -0.1) is 24.0 Å². The highest BCUT2D eigenvalue weighted by atomic mass is 127. The number of benzene rings is 1. The van der Waals surface area contributed by atoms with Crippen molar-refractivity contribution >= 4 is 40.0 Å². The van der Waals surface area contributed by atoms with Gasteiger partial charge in [0.25, 0.3) is 0 Å². The first-order valence-electron chi connectivity index (χ1n) is 10.9. The zero-order chi connectivity index (χ0) is 20.5. The fraction of sp³-hybridized carbons (Fsp3) is 0.667. The molecular formula is C21H36IN5O2S. The molecule has 0 bridgehead atoms. The van der Waals surface area contributed by atoms with Crippen LogP contribution in [0.4, 0.5) is 0 Å². The number of piperidine rings is 2. The van der Waals surface area contributed by atoms with Gasteiger partial charge in [-0.3, -0.25) is 4.99 Å². The highest BCUT2D eigenvalue weighted by molar-refractivity contribution is 14.0. The molecule has 0 spiro atoms. The molecule has 2 heterocycles. The minimum atomic E-state index is -3.37. The molecule has 0 saturated carbocycles. The maximum atomic E-state index is 12.7. The zero-order valence-corrected chi connectivity index (χ0v) is 21.1. The van der Waals surface area contributed by atoms with E-state index in [1.54, 1.807) is 23.5 Å². The van der Waals surface area contributed by atoms with Crippen molar-refractivity contribution in [1.82, 2.24) is 19.8 Å². The number of nitrogens with zero attached hydrogens (tertiary/aromatic N) is 3. The average molecular weight is 550 g/mol. The van der Waals surface area contributed by atoms with Gasteiger partial charge in [0.2, 0.25) is 10.0 Å². The molecule has 3 rings (SSSR count). The third-order valence-corrected chi connectivity index (χ3v) is 7.64. The van der Waals surface area contributed by atoms with E-state index in [4.69, 9.17) is 0 Å². The molecule has 9 heteroatoms. The number of guanidine groups is 1. The average Bonchev–Trinajstić information content (AvgIpc) is 2.77. The van der Waals surface area contributed by atoms with E-state index in [0.29, 0.717) is 24.5 Å². The van der Waals surface area contributed by atoms with Gasteiger partial charge in [0.15, 0.2) is 5.96 Å². The number of nitrogens with one attached hydrogen (secondary N) is 2. The topological polar surface area (TPSA) is 77.0 Å². The summed E-state index contributed by atoms with van der Waals surface area (Å²) in [6, 6.07) is 7.19. The van der Waals surface area contributed by atoms with E-state index in [1.165, 1.54) is 32.4 Å². The minimum absolute atomic E-state index is 0. The van der Waals surface area contributed by atoms with Crippen LogP contribution in [0.1, 0.15) is 44.1 Å². The smallest absolute Gasteiger partial charge is 0.243 e. The second-order valence-corrected chi connectivity index (χ2v) is 9.80. The Hall–Kier alpha value is -0.910. The first-order chi connectivity index (χ1) is 14.1. The lowest BCUT2D eigenvalue weighted by Gasteiger charge is -2.26. The molecule has 2 saturated heterocycles. The third-order valence-electron chi connectivity index (χ3n) is 5.73. The molecule has 0 radical (unpaired) electrons. The van der Waals surface area contributed by atoms with Gasteiger partial charge in [0.1, 0.15) is 0 Å². The summed E-state index contributed by atoms with van der Waals surface area (Å²) in [4.78, 5) is 7.15. The van der Waals surface area contributed by atoms with Gasteiger partial charge in [-0.05, 0) is 56.5 Å². The summed E-state index contributed by atoms with van der Waals surface area (Å²) in [6.07, 6.45) is 6.97. The van der Waals surface area contributed by atoms with Gasteiger partial charge >= 0.3 is 0 Å². The molecule has 30 heavy (non-hydrogen) atoms. The van der Waals surface area contributed by atoms with Crippen molar-refractivity contribution < 1.29 is 8.42 Å². The van der Waals surface area contributed by atoms with Gasteiger partial charge in [-0.1, -0.05) is 25.0 Å². The maximum absolute atomic E-state index is 12.7. The monoisotopic (exact) mass is 549 g/mol. The predicted molar refractivity (Wildman–Crippen MR) is 133 cm³/mol. The van der Waals surface area contributed by atoms with Crippen LogP contribution >= 0.6 is 24.0 Å². The highest BCUT2D eigenvalue weighted by Crippen LogP contribution is 2.20. The number of rotatable bonds is 7. The van der Waals surface area contributed by atoms with Crippen LogP contribution in [-0.4, -0.2) is 69.9 Å². The summed E-state index contributed by atoms with van der Waals surface area (Å²) >= 11 is 0. The van der Waals surface area contributed by atoms with Gasteiger partial charge in [-0.25, -0.2) is 8.42 Å². The number of likely N-dealkylation sites (tertiary alicyclic amines) is 1. The van der Waals surface area contributed by atoms with E-state index in [2.05, 4.69) is 20.5 Å². The van der Waals surface area contributed by atoms with Gasteiger partial charge in [-0.2, -0.15) is 4.31 Å². The molecule has 0 aliphatic carbocycles. The van der Waals surface area contributed by atoms with Gasteiger partial charge in [0.05, 0.1) is 4.90 Å². The number of halogens is 1. The normalized spacial score (nSPS) is 19.2. The van der Waals surface area contributed by atoms with Crippen LogP contribution in [0.3, 0.4) is 0 Å². The number of hydrogen-bond acceptors (Lipinski definition) is 4. The molecule has 2 fully saturated rings. The number of aliphatic imine (C=N–C) groups is 1. The Labute approximate surface area is 198 Å². The zero-order valence-electron chi connectivity index (χ0n) is 18.0. The van der Waals surface area contributed by atoms with Crippen LogP contribution in [0.2, 0.25) is 0 Å². The van der Waals surface area contributed by atoms with E-state index < -0.39 is 10.0 Å². The second-order valence-electron chi connectivity index (χ2n) is 7.86.